The Bertz CT molecular complexity index is 1270. The number of furan rings is 1. The van der Waals surface area contributed by atoms with Crippen molar-refractivity contribution in [2.45, 2.75) is 3.12 Å². The van der Waals surface area contributed by atoms with E-state index in [-0.39, 0.29) is 16.7 Å². The van der Waals surface area contributed by atoms with E-state index >= 15 is 0 Å². The Morgan fingerprint density at radius 1 is 1.11 bits per heavy atom. The minimum Gasteiger partial charge on any atom is -0.456 e. The van der Waals surface area contributed by atoms with Crippen molar-refractivity contribution in [3.8, 4) is 0 Å². The van der Waals surface area contributed by atoms with Crippen LogP contribution in [0, 0.1) is 4.91 Å². The Hall–Kier alpha value is -2.33. The van der Waals surface area contributed by atoms with Crippen LogP contribution in [0.5, 0.6) is 0 Å². The van der Waals surface area contributed by atoms with Gasteiger partial charge in [0.25, 0.3) is 8.05 Å². The van der Waals surface area contributed by atoms with Gasteiger partial charge in [0.05, 0.1) is 16.4 Å². The number of sulfone groups is 1. The average molecular weight is 466 g/mol. The number of para-hydroxylation sites is 1. The lowest BCUT2D eigenvalue weighted by Gasteiger charge is -2.13. The van der Waals surface area contributed by atoms with E-state index in [0.29, 0.717) is 0 Å². The highest BCUT2D eigenvalue weighted by Crippen LogP contribution is 2.42. The van der Waals surface area contributed by atoms with E-state index in [9.17, 15) is 18.1 Å². The van der Waals surface area contributed by atoms with Crippen LogP contribution in [0.4, 0.5) is 5.88 Å². The Kier molecular flexibility index (Phi) is 5.28. The number of hydrogen-bond donors (Lipinski definition) is 1. The van der Waals surface area contributed by atoms with Crippen LogP contribution in [0.15, 0.2) is 56.1 Å². The van der Waals surface area contributed by atoms with Crippen molar-refractivity contribution in [2.24, 2.45) is 0 Å². The van der Waals surface area contributed by atoms with E-state index in [1.165, 1.54) is 12.1 Å². The quantitative estimate of drug-likeness (QED) is 0.447. The number of benzene rings is 1. The van der Waals surface area contributed by atoms with Crippen molar-refractivity contribution in [1.82, 2.24) is 0 Å². The van der Waals surface area contributed by atoms with Crippen LogP contribution in [0.2, 0.25) is 0 Å². The van der Waals surface area contributed by atoms with Gasteiger partial charge in [-0.15, -0.1) is 0 Å². The van der Waals surface area contributed by atoms with Crippen LogP contribution in [0.1, 0.15) is 11.5 Å². The van der Waals surface area contributed by atoms with Gasteiger partial charge in [-0.1, -0.05) is 46.9 Å². The van der Waals surface area contributed by atoms with Crippen molar-refractivity contribution in [1.29, 1.82) is 0 Å². The smallest absolute Gasteiger partial charge is 0.456 e. The first-order chi connectivity index (χ1) is 13.0. The van der Waals surface area contributed by atoms with Crippen LogP contribution in [0.25, 0.3) is 22.0 Å². The molecule has 2 aromatic heterocycles. The summed E-state index contributed by atoms with van der Waals surface area (Å²) in [6, 6.07) is 9.43. The second-order valence-corrected chi connectivity index (χ2v) is 10.4. The van der Waals surface area contributed by atoms with Crippen LogP contribution < -0.4 is 5.43 Å². The Morgan fingerprint density at radius 2 is 1.79 bits per heavy atom. The molecule has 12 heteroatoms. The highest BCUT2D eigenvalue weighted by atomic mass is 35.6. The molecular formula is C16H9Cl3NO7S+. The molecule has 1 N–H and O–H groups in total. The molecule has 28 heavy (non-hydrogen) atoms. The second-order valence-electron chi connectivity index (χ2n) is 5.38. The number of halogens is 3. The monoisotopic (exact) mass is 464 g/mol. The number of hydrogen-bond acceptors (Lipinski definition) is 6. The third kappa shape index (κ3) is 3.79. The predicted molar refractivity (Wildman–Crippen MR) is 103 cm³/mol. The SMILES string of the molecule is O=c1cc(/C=C(/c2ccc([N+](=O)O)o2)S(=O)(=O)C(Cl)(Cl)Cl)oc2ccccc12. The molecule has 3 aromatic rings. The van der Waals surface area contributed by atoms with Gasteiger partial charge in [-0.3, -0.25) is 4.79 Å². The maximum atomic E-state index is 12.7. The van der Waals surface area contributed by atoms with E-state index in [1.807, 2.05) is 0 Å². The van der Waals surface area contributed by atoms with Gasteiger partial charge < -0.3 is 8.83 Å². The molecule has 0 bridgehead atoms. The molecule has 0 aliphatic carbocycles. The molecule has 8 nitrogen and oxygen atoms in total. The van der Waals surface area contributed by atoms with Gasteiger partial charge >= 0.3 is 5.88 Å². The predicted octanol–water partition coefficient (Wildman–Crippen LogP) is 4.43. The molecule has 0 radical (unpaired) electrons. The number of alkyl halides is 3. The summed E-state index contributed by atoms with van der Waals surface area (Å²) in [5.74, 6) is -1.20. The Balaban J connectivity index is 2.27. The molecule has 3 rings (SSSR count). The minimum absolute atomic E-state index is 0.169. The summed E-state index contributed by atoms with van der Waals surface area (Å²) < 4.78 is 33.1. The molecule has 0 spiro atoms. The lowest BCUT2D eigenvalue weighted by atomic mass is 10.2. The molecule has 0 amide bonds. The zero-order valence-electron chi connectivity index (χ0n) is 13.5. The van der Waals surface area contributed by atoms with Crippen molar-refractivity contribution < 1.29 is 27.4 Å². The second kappa shape index (κ2) is 7.25. The van der Waals surface area contributed by atoms with Crippen LogP contribution in [0.3, 0.4) is 0 Å². The lowest BCUT2D eigenvalue weighted by molar-refractivity contribution is -0.737. The van der Waals surface area contributed by atoms with Crippen LogP contribution in [-0.4, -0.2) is 21.7 Å². The van der Waals surface area contributed by atoms with Crippen molar-refractivity contribution >= 4 is 72.5 Å². The van der Waals surface area contributed by atoms with Gasteiger partial charge in [0, 0.05) is 12.1 Å². The molecule has 146 valence electrons. The average Bonchev–Trinajstić information content (AvgIpc) is 3.08. The molecule has 0 aliphatic heterocycles. The lowest BCUT2D eigenvalue weighted by Crippen LogP contribution is -2.20. The van der Waals surface area contributed by atoms with E-state index in [4.69, 9.17) is 48.8 Å². The first-order valence-electron chi connectivity index (χ1n) is 7.33. The summed E-state index contributed by atoms with van der Waals surface area (Å²) in [6.45, 7) is 0. The van der Waals surface area contributed by atoms with Gasteiger partial charge in [-0.25, -0.2) is 13.6 Å². The first-order valence-corrected chi connectivity index (χ1v) is 9.95. The fraction of sp³-hybridized carbons (Fsp3) is 0.0625. The largest absolute Gasteiger partial charge is 0.480 e. The summed E-state index contributed by atoms with van der Waals surface area (Å²) in [6.07, 6.45) is 0.917. The summed E-state index contributed by atoms with van der Waals surface area (Å²) in [5, 5.41) is 9.19. The van der Waals surface area contributed by atoms with Crippen LogP contribution in [-0.2, 0) is 9.84 Å². The maximum absolute atomic E-state index is 12.7. The summed E-state index contributed by atoms with van der Waals surface area (Å²) >= 11 is 16.7. The minimum atomic E-state index is -4.67. The molecule has 0 fully saturated rings. The molecular weight excluding hydrogens is 457 g/mol. The van der Waals surface area contributed by atoms with Gasteiger partial charge in [0.2, 0.25) is 9.84 Å². The normalized spacial score (nSPS) is 13.0. The standard InChI is InChI=1S/C16H9Cl3NO7S/c17-16(18,19)28(24,25)14(13-5-6-15(27-13)20(22)23)8-9-7-11(21)10-3-1-2-4-12(10)26-9/h1-8H,(H,22,23)/q+1/b14-8-. The van der Waals surface area contributed by atoms with E-state index in [0.717, 1.165) is 24.3 Å². The zero-order valence-corrected chi connectivity index (χ0v) is 16.6. The fourth-order valence-corrected chi connectivity index (χ4v) is 3.93. The van der Waals surface area contributed by atoms with Gasteiger partial charge in [0.1, 0.15) is 16.2 Å². The topological polar surface area (TPSA) is 118 Å². The highest BCUT2D eigenvalue weighted by molar-refractivity contribution is 8.05. The molecule has 0 unspecified atom stereocenters. The van der Waals surface area contributed by atoms with Gasteiger partial charge in [-0.2, -0.15) is 0 Å². The Labute approximate surface area is 172 Å². The third-order valence-corrected chi connectivity index (χ3v) is 6.88. The van der Waals surface area contributed by atoms with Crippen molar-refractivity contribution in [3.63, 3.8) is 0 Å². The first kappa shape index (κ1) is 20.4. The fourth-order valence-electron chi connectivity index (χ4n) is 2.29. The van der Waals surface area contributed by atoms with Gasteiger partial charge in [0.15, 0.2) is 11.2 Å². The Morgan fingerprint density at radius 3 is 2.39 bits per heavy atom. The maximum Gasteiger partial charge on any atom is 0.480 e. The van der Waals surface area contributed by atoms with Crippen molar-refractivity contribution in [2.75, 3.05) is 0 Å². The van der Waals surface area contributed by atoms with E-state index in [2.05, 4.69) is 0 Å². The van der Waals surface area contributed by atoms with Gasteiger partial charge in [-0.05, 0) is 18.2 Å². The number of nitrogens with zero attached hydrogens (tertiary/aromatic N) is 1. The molecule has 0 atom stereocenters. The molecule has 0 saturated heterocycles. The number of rotatable bonds is 4. The molecule has 2 heterocycles. The van der Waals surface area contributed by atoms with Crippen LogP contribution >= 0.6 is 34.8 Å². The van der Waals surface area contributed by atoms with E-state index < -0.39 is 39.9 Å². The third-order valence-electron chi connectivity index (χ3n) is 3.54. The summed E-state index contributed by atoms with van der Waals surface area (Å²) in [4.78, 5) is 21.9. The summed E-state index contributed by atoms with van der Waals surface area (Å²) in [7, 11) is -4.67. The number of fused-ring (bicyclic) bond motifs is 1. The summed E-state index contributed by atoms with van der Waals surface area (Å²) in [5.41, 5.74) is -0.229. The van der Waals surface area contributed by atoms with Crippen molar-refractivity contribution in [3.05, 3.63) is 69.1 Å². The zero-order chi connectivity index (χ0) is 20.7. The molecule has 1 aromatic carbocycles. The van der Waals surface area contributed by atoms with E-state index in [1.54, 1.807) is 12.1 Å². The highest BCUT2D eigenvalue weighted by Gasteiger charge is 2.43. The molecule has 0 aliphatic rings. The molecule has 0 saturated carbocycles.